The number of carbonyl (C=O) groups is 1. The number of nitrogens with zero attached hydrogens (tertiary/aromatic N) is 2. The molecule has 7 nitrogen and oxygen atoms in total. The number of piperazine rings is 1. The second kappa shape index (κ2) is 10.5. The van der Waals surface area contributed by atoms with Gasteiger partial charge in [0.25, 0.3) is 0 Å². The lowest BCUT2D eigenvalue weighted by Crippen LogP contribution is -2.51. The van der Waals surface area contributed by atoms with E-state index >= 15 is 0 Å². The summed E-state index contributed by atoms with van der Waals surface area (Å²) in [5.41, 5.74) is 0.959. The summed E-state index contributed by atoms with van der Waals surface area (Å²) in [5, 5.41) is 10.2. The number of β-amino-alcohol motifs (C(OH)–C–C–N with tert-alkyl or cyclic N) is 1. The van der Waals surface area contributed by atoms with Gasteiger partial charge in [-0.15, -0.1) is 0 Å². The van der Waals surface area contributed by atoms with Crippen molar-refractivity contribution in [1.82, 2.24) is 9.80 Å². The predicted molar refractivity (Wildman–Crippen MR) is 103 cm³/mol. The van der Waals surface area contributed by atoms with E-state index in [2.05, 4.69) is 4.90 Å². The van der Waals surface area contributed by atoms with Crippen LogP contribution < -0.4 is 9.47 Å². The van der Waals surface area contributed by atoms with Gasteiger partial charge >= 0.3 is 0 Å². The molecule has 2 rings (SSSR count). The van der Waals surface area contributed by atoms with Crippen molar-refractivity contribution in [2.45, 2.75) is 26.6 Å². The van der Waals surface area contributed by atoms with E-state index in [0.29, 0.717) is 24.7 Å². The van der Waals surface area contributed by atoms with Crippen LogP contribution in [-0.4, -0.2) is 80.5 Å². The molecule has 152 valence electrons. The van der Waals surface area contributed by atoms with Gasteiger partial charge in [0, 0.05) is 38.6 Å². The van der Waals surface area contributed by atoms with E-state index in [1.165, 1.54) is 0 Å². The average Bonchev–Trinajstić information content (AvgIpc) is 2.67. The molecule has 0 bridgehead atoms. The first-order valence-electron chi connectivity index (χ1n) is 9.42. The van der Waals surface area contributed by atoms with Crippen LogP contribution in [0, 0.1) is 5.92 Å². The van der Waals surface area contributed by atoms with E-state index in [1.807, 2.05) is 36.9 Å². The maximum absolute atomic E-state index is 12.0. The Kier molecular flexibility index (Phi) is 8.34. The van der Waals surface area contributed by atoms with Crippen LogP contribution in [0.25, 0.3) is 0 Å². The van der Waals surface area contributed by atoms with Crippen LogP contribution in [-0.2, 0) is 16.1 Å². The maximum Gasteiger partial charge on any atom is 0.225 e. The largest absolute Gasteiger partial charge is 0.493 e. The Hall–Kier alpha value is -1.83. The van der Waals surface area contributed by atoms with Crippen molar-refractivity contribution < 1.29 is 24.1 Å². The molecular formula is C20H32N2O5. The Morgan fingerprint density at radius 3 is 2.37 bits per heavy atom. The summed E-state index contributed by atoms with van der Waals surface area (Å²) in [5.74, 6) is 1.57. The average molecular weight is 380 g/mol. The molecule has 1 fully saturated rings. The third-order valence-corrected chi connectivity index (χ3v) is 4.67. The van der Waals surface area contributed by atoms with Crippen molar-refractivity contribution in [3.8, 4) is 11.5 Å². The topological polar surface area (TPSA) is 71.5 Å². The van der Waals surface area contributed by atoms with Gasteiger partial charge in [0.2, 0.25) is 5.91 Å². The van der Waals surface area contributed by atoms with Crippen LogP contribution in [0.4, 0.5) is 0 Å². The standard InChI is InChI=1S/C20H32N2O5/c1-15(2)20(24)22-9-7-21(8-10-22)12-17(23)14-27-13-16-5-6-18(25-3)19(11-16)26-4/h5-6,11,15,17,23H,7-10,12-14H2,1-4H3. The normalized spacial score (nSPS) is 16.4. The number of amides is 1. The van der Waals surface area contributed by atoms with Crippen molar-refractivity contribution in [2.24, 2.45) is 5.92 Å². The highest BCUT2D eigenvalue weighted by atomic mass is 16.5. The second-order valence-electron chi connectivity index (χ2n) is 7.14. The number of methoxy groups -OCH3 is 2. The molecule has 1 amide bonds. The van der Waals surface area contributed by atoms with Gasteiger partial charge in [-0.3, -0.25) is 9.69 Å². The molecule has 7 heteroatoms. The number of benzene rings is 1. The zero-order valence-electron chi connectivity index (χ0n) is 16.8. The van der Waals surface area contributed by atoms with Gasteiger partial charge in [-0.25, -0.2) is 0 Å². The van der Waals surface area contributed by atoms with Gasteiger partial charge in [-0.05, 0) is 17.7 Å². The molecule has 1 N–H and O–H groups in total. The monoisotopic (exact) mass is 380 g/mol. The van der Waals surface area contributed by atoms with E-state index in [-0.39, 0.29) is 18.4 Å². The molecule has 27 heavy (non-hydrogen) atoms. The Morgan fingerprint density at radius 1 is 1.11 bits per heavy atom. The third kappa shape index (κ3) is 6.37. The van der Waals surface area contributed by atoms with Crippen molar-refractivity contribution in [3.63, 3.8) is 0 Å². The molecular weight excluding hydrogens is 348 g/mol. The lowest BCUT2D eigenvalue weighted by molar-refractivity contribution is -0.136. The number of aliphatic hydroxyl groups excluding tert-OH is 1. The summed E-state index contributed by atoms with van der Waals surface area (Å²) in [6, 6.07) is 5.63. The number of aliphatic hydroxyl groups is 1. The van der Waals surface area contributed by atoms with Gasteiger partial charge < -0.3 is 24.2 Å². The molecule has 0 saturated carbocycles. The van der Waals surface area contributed by atoms with Crippen molar-refractivity contribution in [1.29, 1.82) is 0 Å². The smallest absolute Gasteiger partial charge is 0.225 e. The minimum Gasteiger partial charge on any atom is -0.493 e. The zero-order chi connectivity index (χ0) is 19.8. The van der Waals surface area contributed by atoms with Gasteiger partial charge in [0.15, 0.2) is 11.5 Å². The maximum atomic E-state index is 12.0. The summed E-state index contributed by atoms with van der Waals surface area (Å²) in [7, 11) is 3.20. The Balaban J connectivity index is 1.70. The minimum absolute atomic E-state index is 0.0344. The SMILES string of the molecule is COc1ccc(COCC(O)CN2CCN(C(=O)C(C)C)CC2)cc1OC. The first-order valence-corrected chi connectivity index (χ1v) is 9.42. The molecule has 0 spiro atoms. The number of ether oxygens (including phenoxy) is 3. The fourth-order valence-corrected chi connectivity index (χ4v) is 3.15. The molecule has 1 saturated heterocycles. The van der Waals surface area contributed by atoms with Gasteiger partial charge in [0.05, 0.1) is 33.5 Å². The molecule has 1 aliphatic rings. The lowest BCUT2D eigenvalue weighted by Gasteiger charge is -2.36. The number of hydrogen-bond acceptors (Lipinski definition) is 6. The van der Waals surface area contributed by atoms with E-state index < -0.39 is 6.10 Å². The third-order valence-electron chi connectivity index (χ3n) is 4.67. The number of carbonyl (C=O) groups excluding carboxylic acids is 1. The van der Waals surface area contributed by atoms with E-state index in [1.54, 1.807) is 14.2 Å². The van der Waals surface area contributed by atoms with Crippen LogP contribution in [0.1, 0.15) is 19.4 Å². The fraction of sp³-hybridized carbons (Fsp3) is 0.650. The van der Waals surface area contributed by atoms with E-state index in [0.717, 1.165) is 31.7 Å². The molecule has 1 heterocycles. The summed E-state index contributed by atoms with van der Waals surface area (Å²) >= 11 is 0. The Labute approximate surface area is 161 Å². The minimum atomic E-state index is -0.558. The van der Waals surface area contributed by atoms with Crippen LogP contribution in [0.5, 0.6) is 11.5 Å². The molecule has 0 aliphatic carbocycles. The fourth-order valence-electron chi connectivity index (χ4n) is 3.15. The van der Waals surface area contributed by atoms with Gasteiger partial charge in [-0.2, -0.15) is 0 Å². The highest BCUT2D eigenvalue weighted by molar-refractivity contribution is 5.78. The molecule has 1 aromatic carbocycles. The van der Waals surface area contributed by atoms with E-state index in [9.17, 15) is 9.90 Å². The molecule has 0 radical (unpaired) electrons. The first kappa shape index (κ1) is 21.5. The highest BCUT2D eigenvalue weighted by Gasteiger charge is 2.23. The van der Waals surface area contributed by atoms with Crippen LogP contribution >= 0.6 is 0 Å². The summed E-state index contributed by atoms with van der Waals surface area (Å²) < 4.78 is 16.1. The first-order chi connectivity index (χ1) is 12.9. The summed E-state index contributed by atoms with van der Waals surface area (Å²) in [4.78, 5) is 16.1. The van der Waals surface area contributed by atoms with Crippen molar-refractivity contribution in [2.75, 3.05) is 53.6 Å². The molecule has 1 atom stereocenters. The Morgan fingerprint density at radius 2 is 1.78 bits per heavy atom. The second-order valence-corrected chi connectivity index (χ2v) is 7.14. The van der Waals surface area contributed by atoms with Gasteiger partial charge in [0.1, 0.15) is 0 Å². The van der Waals surface area contributed by atoms with Crippen LogP contribution in [0.3, 0.4) is 0 Å². The number of rotatable bonds is 9. The summed E-state index contributed by atoms with van der Waals surface area (Å²) in [6.07, 6.45) is -0.558. The molecule has 1 aromatic rings. The van der Waals surface area contributed by atoms with Gasteiger partial charge in [-0.1, -0.05) is 19.9 Å². The summed E-state index contributed by atoms with van der Waals surface area (Å²) in [6.45, 7) is 8.06. The zero-order valence-corrected chi connectivity index (χ0v) is 16.8. The van der Waals surface area contributed by atoms with E-state index in [4.69, 9.17) is 14.2 Å². The quantitative estimate of drug-likeness (QED) is 0.698. The number of hydrogen-bond donors (Lipinski definition) is 1. The lowest BCUT2D eigenvalue weighted by atomic mass is 10.1. The van der Waals surface area contributed by atoms with Crippen LogP contribution in [0.15, 0.2) is 18.2 Å². The van der Waals surface area contributed by atoms with Crippen LogP contribution in [0.2, 0.25) is 0 Å². The molecule has 1 aliphatic heterocycles. The molecule has 1 unspecified atom stereocenters. The highest BCUT2D eigenvalue weighted by Crippen LogP contribution is 2.27. The van der Waals surface area contributed by atoms with Crippen molar-refractivity contribution >= 4 is 5.91 Å². The van der Waals surface area contributed by atoms with Crippen molar-refractivity contribution in [3.05, 3.63) is 23.8 Å². The molecule has 0 aromatic heterocycles. The Bertz CT molecular complexity index is 600. The predicted octanol–water partition coefficient (Wildman–Crippen LogP) is 1.38.